The first-order valence-electron chi connectivity index (χ1n) is 12.9. The molecule has 11 heteroatoms. The van der Waals surface area contributed by atoms with Crippen LogP contribution in [0.2, 0.25) is 5.02 Å². The lowest BCUT2D eigenvalue weighted by molar-refractivity contribution is -0.142. The van der Waals surface area contributed by atoms with E-state index in [0.29, 0.717) is 59.4 Å². The molecule has 1 atom stereocenters. The van der Waals surface area contributed by atoms with Crippen LogP contribution in [0.1, 0.15) is 30.1 Å². The fourth-order valence-corrected chi connectivity index (χ4v) is 5.06. The molecule has 5 rings (SSSR count). The first-order chi connectivity index (χ1) is 19.2. The molecule has 3 heterocycles. The van der Waals surface area contributed by atoms with Crippen molar-refractivity contribution in [2.45, 2.75) is 25.8 Å². The minimum atomic E-state index is -0.974. The number of ether oxygens (including phenoxy) is 2. The zero-order valence-corrected chi connectivity index (χ0v) is 22.4. The van der Waals surface area contributed by atoms with Gasteiger partial charge in [0.1, 0.15) is 23.9 Å². The molecule has 3 aromatic rings. The monoisotopic (exact) mass is 567 g/mol. The Kier molecular flexibility index (Phi) is 7.88. The number of piperidine rings is 1. The number of carboxylic acids is 1. The van der Waals surface area contributed by atoms with E-state index in [1.807, 2.05) is 0 Å². The van der Waals surface area contributed by atoms with E-state index in [1.54, 1.807) is 53.1 Å². The topological polar surface area (TPSA) is 109 Å². The number of carbonyl (C=O) groups excluding carboxylic acids is 2. The molecule has 0 saturated carbocycles. The quantitative estimate of drug-likeness (QED) is 0.442. The normalized spacial score (nSPS) is 16.2. The van der Waals surface area contributed by atoms with Gasteiger partial charge in [0.15, 0.2) is 6.61 Å². The van der Waals surface area contributed by atoms with Gasteiger partial charge in [0.25, 0.3) is 11.8 Å². The lowest BCUT2D eigenvalue weighted by Crippen LogP contribution is -2.51. The maximum atomic E-state index is 15.3. The number of anilines is 1. The Morgan fingerprint density at radius 2 is 1.95 bits per heavy atom. The van der Waals surface area contributed by atoms with Gasteiger partial charge < -0.3 is 24.4 Å². The predicted molar refractivity (Wildman–Crippen MR) is 145 cm³/mol. The highest BCUT2D eigenvalue weighted by molar-refractivity contribution is 6.30. The van der Waals surface area contributed by atoms with Crippen LogP contribution in [0.3, 0.4) is 0 Å². The van der Waals surface area contributed by atoms with Gasteiger partial charge in [-0.2, -0.15) is 0 Å². The number of pyridine rings is 1. The van der Waals surface area contributed by atoms with E-state index in [9.17, 15) is 14.4 Å². The lowest BCUT2D eigenvalue weighted by atomic mass is 9.99. The van der Waals surface area contributed by atoms with Crippen molar-refractivity contribution in [2.24, 2.45) is 5.92 Å². The van der Waals surface area contributed by atoms with E-state index in [1.165, 1.54) is 18.3 Å². The number of aliphatic carboxylic acids is 1. The number of halogens is 2. The molecular formula is C29H27ClFN3O6. The second-order valence-corrected chi connectivity index (χ2v) is 10.2. The van der Waals surface area contributed by atoms with E-state index in [-0.39, 0.29) is 30.7 Å². The number of fused-ring (bicyclic) bond motifs is 1. The average Bonchev–Trinajstić information content (AvgIpc) is 2.95. The van der Waals surface area contributed by atoms with Gasteiger partial charge >= 0.3 is 5.97 Å². The summed E-state index contributed by atoms with van der Waals surface area (Å²) in [4.78, 5) is 44.5. The summed E-state index contributed by atoms with van der Waals surface area (Å²) in [6.07, 6.45) is 2.46. The third kappa shape index (κ3) is 5.58. The molecule has 2 aliphatic rings. The molecule has 208 valence electrons. The Labute approximate surface area is 235 Å². The summed E-state index contributed by atoms with van der Waals surface area (Å²) >= 11 is 6.10. The molecule has 0 radical (unpaired) electrons. The number of rotatable bonds is 7. The van der Waals surface area contributed by atoms with Crippen LogP contribution < -0.4 is 14.4 Å². The molecule has 0 spiro atoms. The van der Waals surface area contributed by atoms with E-state index >= 15 is 4.39 Å². The van der Waals surface area contributed by atoms with E-state index < -0.39 is 23.6 Å². The molecular weight excluding hydrogens is 541 g/mol. The molecule has 40 heavy (non-hydrogen) atoms. The largest absolute Gasteiger partial charge is 0.492 e. The maximum absolute atomic E-state index is 15.3. The summed E-state index contributed by atoms with van der Waals surface area (Å²) in [6.45, 7) is 2.07. The van der Waals surface area contributed by atoms with E-state index in [2.05, 4.69) is 4.98 Å². The summed E-state index contributed by atoms with van der Waals surface area (Å²) < 4.78 is 26.4. The van der Waals surface area contributed by atoms with Gasteiger partial charge in [0, 0.05) is 30.9 Å². The summed E-state index contributed by atoms with van der Waals surface area (Å²) in [7, 11) is 0. The molecule has 0 aliphatic carbocycles. The molecule has 2 aliphatic heterocycles. The second kappa shape index (κ2) is 11.5. The van der Waals surface area contributed by atoms with Crippen molar-refractivity contribution < 1.29 is 33.4 Å². The molecule has 0 unspecified atom stereocenters. The third-order valence-electron chi connectivity index (χ3n) is 7.08. The lowest BCUT2D eigenvalue weighted by Gasteiger charge is -2.40. The van der Waals surface area contributed by atoms with Gasteiger partial charge in [-0.1, -0.05) is 35.9 Å². The molecule has 1 N–H and O–H groups in total. The van der Waals surface area contributed by atoms with Crippen LogP contribution in [0, 0.1) is 11.7 Å². The molecule has 9 nitrogen and oxygen atoms in total. The van der Waals surface area contributed by atoms with Gasteiger partial charge in [0.2, 0.25) is 5.88 Å². The van der Waals surface area contributed by atoms with Gasteiger partial charge in [0.05, 0.1) is 16.5 Å². The number of aromatic nitrogens is 1. The molecule has 2 aromatic carbocycles. The first-order valence-corrected chi connectivity index (χ1v) is 13.2. The SMILES string of the molecule is C[C@@H](COc1ccccc1-c1ccc(C(=O)N2CCC(N3C(=O)COc4ncc(Cl)cc43)CC2)c(F)c1)C(=O)O. The van der Waals surface area contributed by atoms with E-state index in [4.69, 9.17) is 26.2 Å². The van der Waals surface area contributed by atoms with Gasteiger partial charge in [-0.25, -0.2) is 9.37 Å². The van der Waals surface area contributed by atoms with Crippen molar-refractivity contribution in [3.63, 3.8) is 0 Å². The van der Waals surface area contributed by atoms with Gasteiger partial charge in [-0.05, 0) is 49.6 Å². The van der Waals surface area contributed by atoms with Crippen LogP contribution in [0.4, 0.5) is 10.1 Å². The number of amides is 2. The fourth-order valence-electron chi connectivity index (χ4n) is 4.90. The smallest absolute Gasteiger partial charge is 0.309 e. The number of hydrogen-bond donors (Lipinski definition) is 1. The highest BCUT2D eigenvalue weighted by Crippen LogP contribution is 2.36. The summed E-state index contributed by atoms with van der Waals surface area (Å²) in [6, 6.07) is 12.8. The van der Waals surface area contributed by atoms with Crippen molar-refractivity contribution >= 4 is 35.1 Å². The minimum absolute atomic E-state index is 0.0352. The molecule has 1 aromatic heterocycles. The van der Waals surface area contributed by atoms with Crippen LogP contribution in [0.25, 0.3) is 11.1 Å². The second-order valence-electron chi connectivity index (χ2n) is 9.79. The Bertz CT molecular complexity index is 1460. The van der Waals surface area contributed by atoms with Crippen molar-refractivity contribution in [1.82, 2.24) is 9.88 Å². The fraction of sp³-hybridized carbons (Fsp3) is 0.310. The average molecular weight is 568 g/mol. The standard InChI is InChI=1S/C29H27ClFN3O6/c1-17(29(37)38)15-39-25-5-3-2-4-21(25)18-6-7-22(23(31)12-18)28(36)33-10-8-20(9-11-33)34-24-13-19(30)14-32-27(24)40-16-26(34)35/h2-7,12-14,17,20H,8-11,15-16H2,1H3,(H,37,38)/t17-/m0/s1. The third-order valence-corrected chi connectivity index (χ3v) is 7.29. The molecule has 1 fully saturated rings. The highest BCUT2D eigenvalue weighted by Gasteiger charge is 2.36. The van der Waals surface area contributed by atoms with E-state index in [0.717, 1.165) is 0 Å². The van der Waals surface area contributed by atoms with Crippen LogP contribution in [-0.2, 0) is 9.59 Å². The molecule has 1 saturated heterocycles. The Balaban J connectivity index is 1.27. The Morgan fingerprint density at radius 3 is 2.67 bits per heavy atom. The Hall–Kier alpha value is -4.18. The minimum Gasteiger partial charge on any atom is -0.492 e. The number of carboxylic acid groups (broad SMARTS) is 1. The van der Waals surface area contributed by atoms with Crippen LogP contribution >= 0.6 is 11.6 Å². The van der Waals surface area contributed by atoms with Crippen molar-refractivity contribution in [2.75, 3.05) is 31.2 Å². The van der Waals surface area contributed by atoms with Crippen molar-refractivity contribution in [3.05, 3.63) is 71.1 Å². The number of likely N-dealkylation sites (tertiary alicyclic amines) is 1. The number of benzene rings is 2. The zero-order chi connectivity index (χ0) is 28.4. The number of para-hydroxylation sites is 1. The zero-order valence-electron chi connectivity index (χ0n) is 21.7. The highest BCUT2D eigenvalue weighted by atomic mass is 35.5. The predicted octanol–water partition coefficient (Wildman–Crippen LogP) is 4.67. The molecule has 0 bridgehead atoms. The van der Waals surface area contributed by atoms with Crippen LogP contribution in [0.15, 0.2) is 54.7 Å². The van der Waals surface area contributed by atoms with Crippen LogP contribution in [-0.4, -0.2) is 65.1 Å². The van der Waals surface area contributed by atoms with Gasteiger partial charge in [-0.15, -0.1) is 0 Å². The Morgan fingerprint density at radius 1 is 1.20 bits per heavy atom. The summed E-state index contributed by atoms with van der Waals surface area (Å²) in [5.41, 5.74) is 1.55. The first kappa shape index (κ1) is 27.4. The summed E-state index contributed by atoms with van der Waals surface area (Å²) in [5, 5.41) is 9.51. The van der Waals surface area contributed by atoms with Crippen molar-refractivity contribution in [3.8, 4) is 22.8 Å². The maximum Gasteiger partial charge on any atom is 0.309 e. The van der Waals surface area contributed by atoms with Gasteiger partial charge in [-0.3, -0.25) is 14.4 Å². The summed E-state index contributed by atoms with van der Waals surface area (Å²) in [5.74, 6) is -2.22. The number of carbonyl (C=O) groups is 3. The number of hydrogen-bond acceptors (Lipinski definition) is 6. The van der Waals surface area contributed by atoms with Crippen LogP contribution in [0.5, 0.6) is 11.6 Å². The van der Waals surface area contributed by atoms with Crippen molar-refractivity contribution in [1.29, 1.82) is 0 Å². The number of nitrogens with zero attached hydrogens (tertiary/aromatic N) is 3. The molecule has 2 amide bonds.